The molecule has 36 heavy (non-hydrogen) atoms. The minimum atomic E-state index is -0.171. The van der Waals surface area contributed by atoms with Crippen molar-refractivity contribution >= 4 is 46.6 Å². The van der Waals surface area contributed by atoms with Crippen molar-refractivity contribution in [2.75, 3.05) is 49.5 Å². The number of anilines is 2. The Labute approximate surface area is 222 Å². The van der Waals surface area contributed by atoms with Gasteiger partial charge in [0.15, 0.2) is 0 Å². The summed E-state index contributed by atoms with van der Waals surface area (Å²) in [6.07, 6.45) is 0. The molecule has 0 radical (unpaired) electrons. The first kappa shape index (κ1) is 26.1. The average Bonchev–Trinajstić information content (AvgIpc) is 2.86. The molecule has 6 nitrogen and oxygen atoms in total. The summed E-state index contributed by atoms with van der Waals surface area (Å²) in [5.41, 5.74) is 3.50. The molecule has 2 N–H and O–H groups in total. The lowest BCUT2D eigenvalue weighted by molar-refractivity contribution is -0.114. The van der Waals surface area contributed by atoms with E-state index in [0.29, 0.717) is 17.8 Å². The zero-order chi connectivity index (χ0) is 25.5. The minimum absolute atomic E-state index is 0.147. The molecule has 4 rings (SSSR count). The summed E-state index contributed by atoms with van der Waals surface area (Å²) >= 11 is 7.68. The van der Waals surface area contributed by atoms with Crippen LogP contribution in [-0.2, 0) is 4.79 Å². The van der Waals surface area contributed by atoms with E-state index >= 15 is 0 Å². The lowest BCUT2D eigenvalue weighted by atomic mass is 10.2. The molecule has 1 aliphatic heterocycles. The van der Waals surface area contributed by atoms with Crippen molar-refractivity contribution in [3.8, 4) is 0 Å². The lowest BCUT2D eigenvalue weighted by Gasteiger charge is -2.36. The van der Waals surface area contributed by atoms with Crippen LogP contribution in [0.25, 0.3) is 0 Å². The number of nitrogens with zero attached hydrogens (tertiary/aromatic N) is 2. The van der Waals surface area contributed by atoms with Crippen molar-refractivity contribution in [2.45, 2.75) is 23.6 Å². The quantitative estimate of drug-likeness (QED) is 0.420. The molecule has 0 saturated carbocycles. The maximum atomic E-state index is 12.8. The predicted molar refractivity (Wildman–Crippen MR) is 148 cm³/mol. The predicted octanol–water partition coefficient (Wildman–Crippen LogP) is 5.31. The van der Waals surface area contributed by atoms with Crippen molar-refractivity contribution in [1.29, 1.82) is 0 Å². The molecule has 2 amide bonds. The summed E-state index contributed by atoms with van der Waals surface area (Å²) < 4.78 is 0. The highest BCUT2D eigenvalue weighted by molar-refractivity contribution is 7.99. The third kappa shape index (κ3) is 7.26. The highest BCUT2D eigenvalue weighted by Crippen LogP contribution is 2.34. The maximum absolute atomic E-state index is 12.8. The average molecular weight is 523 g/mol. The van der Waals surface area contributed by atoms with E-state index in [1.165, 1.54) is 12.5 Å². The van der Waals surface area contributed by atoms with Gasteiger partial charge in [-0.3, -0.25) is 14.5 Å². The van der Waals surface area contributed by atoms with Crippen LogP contribution in [0.5, 0.6) is 0 Å². The summed E-state index contributed by atoms with van der Waals surface area (Å²) in [7, 11) is 0. The monoisotopic (exact) mass is 522 g/mol. The molecule has 3 aromatic carbocycles. The van der Waals surface area contributed by atoms with Crippen LogP contribution in [-0.4, -0.2) is 56.0 Å². The number of aryl methyl sites for hydroxylation is 1. The van der Waals surface area contributed by atoms with Gasteiger partial charge in [0.05, 0.1) is 5.69 Å². The van der Waals surface area contributed by atoms with Gasteiger partial charge in [0.2, 0.25) is 5.91 Å². The Bertz CT molecular complexity index is 1210. The van der Waals surface area contributed by atoms with E-state index in [0.717, 1.165) is 53.2 Å². The molecule has 8 heteroatoms. The topological polar surface area (TPSA) is 64.7 Å². The Morgan fingerprint density at radius 1 is 0.972 bits per heavy atom. The molecule has 1 saturated heterocycles. The van der Waals surface area contributed by atoms with Crippen LogP contribution in [0.1, 0.15) is 22.8 Å². The summed E-state index contributed by atoms with van der Waals surface area (Å²) in [6.45, 7) is 8.58. The molecule has 1 heterocycles. The summed E-state index contributed by atoms with van der Waals surface area (Å²) in [5.74, 6) is -0.318. The first-order chi connectivity index (χ1) is 17.4. The molecule has 188 valence electrons. The lowest BCUT2D eigenvalue weighted by Crippen LogP contribution is -2.48. The standard InChI is InChI=1S/C28H31ClN4O2S/c1-20-6-9-25(10-7-20)36-27-11-8-22(18-26(27)31-21(2)34)28(35)30-12-13-32-14-16-33(17-15-32)24-5-3-4-23(29)19-24/h3-11,18-19H,12-17H2,1-2H3,(H,30,35)(H,31,34). The molecule has 0 bridgehead atoms. The Kier molecular flexibility index (Phi) is 8.91. The van der Waals surface area contributed by atoms with Crippen LogP contribution < -0.4 is 15.5 Å². The summed E-state index contributed by atoms with van der Waals surface area (Å²) in [5, 5.41) is 6.64. The zero-order valence-electron chi connectivity index (χ0n) is 20.6. The molecule has 3 aromatic rings. The number of carbonyl (C=O) groups excluding carboxylic acids is 2. The number of rotatable bonds is 8. The SMILES string of the molecule is CC(=O)Nc1cc(C(=O)NCCN2CCN(c3cccc(Cl)c3)CC2)ccc1Sc1ccc(C)cc1. The van der Waals surface area contributed by atoms with Gasteiger partial charge in [0.25, 0.3) is 5.91 Å². The molecular weight excluding hydrogens is 492 g/mol. The highest BCUT2D eigenvalue weighted by Gasteiger charge is 2.18. The number of halogens is 1. The first-order valence-corrected chi connectivity index (χ1v) is 13.2. The van der Waals surface area contributed by atoms with E-state index in [-0.39, 0.29) is 11.8 Å². The second kappa shape index (κ2) is 12.3. The van der Waals surface area contributed by atoms with Gasteiger partial charge in [-0.25, -0.2) is 0 Å². The van der Waals surface area contributed by atoms with Gasteiger partial charge in [-0.2, -0.15) is 0 Å². The maximum Gasteiger partial charge on any atom is 0.251 e. The molecule has 0 aromatic heterocycles. The van der Waals surface area contributed by atoms with Crippen LogP contribution in [0.2, 0.25) is 5.02 Å². The second-order valence-electron chi connectivity index (χ2n) is 8.87. The van der Waals surface area contributed by atoms with E-state index in [1.54, 1.807) is 23.9 Å². The fourth-order valence-corrected chi connectivity index (χ4v) is 5.18. The van der Waals surface area contributed by atoms with Crippen LogP contribution in [0, 0.1) is 6.92 Å². The summed E-state index contributed by atoms with van der Waals surface area (Å²) in [6, 6.07) is 21.6. The van der Waals surface area contributed by atoms with E-state index in [9.17, 15) is 9.59 Å². The molecule has 0 atom stereocenters. The second-order valence-corrected chi connectivity index (χ2v) is 10.4. The fraction of sp³-hybridized carbons (Fsp3) is 0.286. The van der Waals surface area contributed by atoms with Crippen molar-refractivity contribution in [3.63, 3.8) is 0 Å². The third-order valence-electron chi connectivity index (χ3n) is 6.06. The number of hydrogen-bond acceptors (Lipinski definition) is 5. The minimum Gasteiger partial charge on any atom is -0.369 e. The number of hydrogen-bond donors (Lipinski definition) is 2. The normalized spacial score (nSPS) is 13.9. The van der Waals surface area contributed by atoms with Crippen molar-refractivity contribution < 1.29 is 9.59 Å². The number of nitrogens with one attached hydrogen (secondary N) is 2. The van der Waals surface area contributed by atoms with Gasteiger partial charge in [-0.05, 0) is 55.5 Å². The largest absolute Gasteiger partial charge is 0.369 e. The Hall–Kier alpha value is -3.00. The van der Waals surface area contributed by atoms with E-state index < -0.39 is 0 Å². The van der Waals surface area contributed by atoms with Crippen LogP contribution >= 0.6 is 23.4 Å². The smallest absolute Gasteiger partial charge is 0.251 e. The molecule has 0 unspecified atom stereocenters. The first-order valence-electron chi connectivity index (χ1n) is 12.0. The Morgan fingerprint density at radius 3 is 2.42 bits per heavy atom. The third-order valence-corrected chi connectivity index (χ3v) is 7.38. The van der Waals surface area contributed by atoms with Crippen LogP contribution in [0.15, 0.2) is 76.5 Å². The molecule has 0 aliphatic carbocycles. The van der Waals surface area contributed by atoms with Gasteiger partial charge in [-0.15, -0.1) is 0 Å². The van der Waals surface area contributed by atoms with Gasteiger partial charge in [-0.1, -0.05) is 47.1 Å². The number of piperazine rings is 1. The van der Waals surface area contributed by atoms with E-state index in [1.807, 2.05) is 43.3 Å². The Morgan fingerprint density at radius 2 is 1.72 bits per heavy atom. The fourth-order valence-electron chi connectivity index (χ4n) is 4.11. The zero-order valence-corrected chi connectivity index (χ0v) is 22.2. The molecule has 0 spiro atoms. The molecule has 1 aliphatic rings. The Balaban J connectivity index is 1.30. The van der Waals surface area contributed by atoms with E-state index in [2.05, 4.69) is 38.6 Å². The van der Waals surface area contributed by atoms with E-state index in [4.69, 9.17) is 11.6 Å². The molecular formula is C28H31ClN4O2S. The van der Waals surface area contributed by atoms with Crippen LogP contribution in [0.4, 0.5) is 11.4 Å². The number of benzene rings is 3. The summed E-state index contributed by atoms with van der Waals surface area (Å²) in [4.78, 5) is 31.3. The number of amides is 2. The highest BCUT2D eigenvalue weighted by atomic mass is 35.5. The van der Waals surface area contributed by atoms with Gasteiger partial charge in [0.1, 0.15) is 0 Å². The van der Waals surface area contributed by atoms with Gasteiger partial charge < -0.3 is 15.5 Å². The van der Waals surface area contributed by atoms with Crippen molar-refractivity contribution in [3.05, 3.63) is 82.9 Å². The number of carbonyl (C=O) groups is 2. The van der Waals surface area contributed by atoms with Gasteiger partial charge in [0, 0.05) is 72.3 Å². The van der Waals surface area contributed by atoms with Crippen LogP contribution in [0.3, 0.4) is 0 Å². The molecule has 1 fully saturated rings. The van der Waals surface area contributed by atoms with Crippen molar-refractivity contribution in [2.24, 2.45) is 0 Å². The van der Waals surface area contributed by atoms with Gasteiger partial charge >= 0.3 is 0 Å². The van der Waals surface area contributed by atoms with Crippen molar-refractivity contribution in [1.82, 2.24) is 10.2 Å².